The molecule has 0 fully saturated rings. The van der Waals surface area contributed by atoms with Crippen LogP contribution in [0.2, 0.25) is 0 Å². The molecule has 20 heavy (non-hydrogen) atoms. The zero-order chi connectivity index (χ0) is 14.1. The van der Waals surface area contributed by atoms with Gasteiger partial charge in [0, 0.05) is 6.54 Å². The van der Waals surface area contributed by atoms with E-state index in [0.29, 0.717) is 31.6 Å². The molecule has 112 valence electrons. The van der Waals surface area contributed by atoms with E-state index in [0.717, 1.165) is 5.75 Å². The molecule has 0 aromatic heterocycles. The number of benzene rings is 1. The largest absolute Gasteiger partial charge is 0.492 e. The van der Waals surface area contributed by atoms with Crippen molar-refractivity contribution in [3.63, 3.8) is 0 Å². The second-order valence-corrected chi connectivity index (χ2v) is 4.51. The van der Waals surface area contributed by atoms with Crippen molar-refractivity contribution < 1.29 is 4.74 Å². The van der Waals surface area contributed by atoms with E-state index in [1.54, 1.807) is 6.08 Å². The second kappa shape index (κ2) is 10.5. The molecule has 1 aromatic rings. The summed E-state index contributed by atoms with van der Waals surface area (Å²) in [7, 11) is 0. The van der Waals surface area contributed by atoms with Crippen molar-refractivity contribution in [1.82, 2.24) is 5.32 Å². The first-order valence-electron chi connectivity index (χ1n) is 6.51. The average Bonchev–Trinajstić information content (AvgIpc) is 2.41. The smallest absolute Gasteiger partial charge is 0.188 e. The average molecular weight is 389 g/mol. The van der Waals surface area contributed by atoms with Crippen LogP contribution >= 0.6 is 24.0 Å². The zero-order valence-corrected chi connectivity index (χ0v) is 14.5. The predicted molar refractivity (Wildman–Crippen MR) is 96.1 cm³/mol. The summed E-state index contributed by atoms with van der Waals surface area (Å²) in [6.07, 6.45) is 1.73. The Labute approximate surface area is 138 Å². The molecule has 0 saturated heterocycles. The van der Waals surface area contributed by atoms with Gasteiger partial charge in [-0.3, -0.25) is 0 Å². The maximum Gasteiger partial charge on any atom is 0.188 e. The Balaban J connectivity index is 0.00000361. The summed E-state index contributed by atoms with van der Waals surface area (Å²) in [5, 5.41) is 2.91. The van der Waals surface area contributed by atoms with Gasteiger partial charge in [0.25, 0.3) is 0 Å². The molecule has 0 aliphatic heterocycles. The topological polar surface area (TPSA) is 59.6 Å². The number of guanidine groups is 1. The van der Waals surface area contributed by atoms with Crippen LogP contribution in [0.3, 0.4) is 0 Å². The Morgan fingerprint density at radius 3 is 2.60 bits per heavy atom. The number of nitrogens with zero attached hydrogens (tertiary/aromatic N) is 1. The van der Waals surface area contributed by atoms with Gasteiger partial charge in [-0.05, 0) is 23.6 Å². The number of ether oxygens (including phenoxy) is 1. The molecular weight excluding hydrogens is 365 g/mol. The molecule has 0 amide bonds. The highest BCUT2D eigenvalue weighted by Crippen LogP contribution is 2.18. The van der Waals surface area contributed by atoms with Crippen LogP contribution in [0.5, 0.6) is 5.75 Å². The van der Waals surface area contributed by atoms with Crippen molar-refractivity contribution in [2.24, 2.45) is 10.7 Å². The minimum Gasteiger partial charge on any atom is -0.492 e. The molecule has 3 N–H and O–H groups in total. The fraction of sp³-hybridized carbons (Fsp3) is 0.400. The van der Waals surface area contributed by atoms with Crippen LogP contribution in [0.1, 0.15) is 25.3 Å². The molecule has 0 atom stereocenters. The van der Waals surface area contributed by atoms with Crippen LogP contribution < -0.4 is 15.8 Å². The summed E-state index contributed by atoms with van der Waals surface area (Å²) in [5.41, 5.74) is 6.94. The lowest BCUT2D eigenvalue weighted by Crippen LogP contribution is -2.32. The standard InChI is InChI=1S/C15H23N3O.HI/c1-4-9-17-15(16)18-10-11-19-14-7-5-13(6-8-14)12(2)3;/h4-8,12H,1,9-11H2,2-3H3,(H3,16,17,18);1H. The van der Waals surface area contributed by atoms with Gasteiger partial charge in [0.15, 0.2) is 5.96 Å². The van der Waals surface area contributed by atoms with Gasteiger partial charge in [-0.2, -0.15) is 0 Å². The quantitative estimate of drug-likeness (QED) is 0.248. The fourth-order valence-electron chi connectivity index (χ4n) is 1.51. The fourth-order valence-corrected chi connectivity index (χ4v) is 1.51. The number of hydrogen-bond acceptors (Lipinski definition) is 2. The molecule has 0 unspecified atom stereocenters. The molecule has 0 bridgehead atoms. The van der Waals surface area contributed by atoms with E-state index >= 15 is 0 Å². The van der Waals surface area contributed by atoms with Crippen LogP contribution in [-0.2, 0) is 0 Å². The molecule has 1 rings (SSSR count). The molecule has 4 nitrogen and oxygen atoms in total. The van der Waals surface area contributed by atoms with Gasteiger partial charge in [0.1, 0.15) is 12.4 Å². The van der Waals surface area contributed by atoms with Crippen LogP contribution in [0.4, 0.5) is 0 Å². The van der Waals surface area contributed by atoms with Gasteiger partial charge >= 0.3 is 0 Å². The van der Waals surface area contributed by atoms with Gasteiger partial charge in [0.2, 0.25) is 0 Å². The van der Waals surface area contributed by atoms with E-state index in [-0.39, 0.29) is 24.0 Å². The van der Waals surface area contributed by atoms with E-state index in [9.17, 15) is 0 Å². The van der Waals surface area contributed by atoms with Crippen molar-refractivity contribution in [3.05, 3.63) is 42.5 Å². The Morgan fingerprint density at radius 2 is 2.05 bits per heavy atom. The Morgan fingerprint density at radius 1 is 1.40 bits per heavy atom. The Hall–Kier alpha value is -1.24. The highest BCUT2D eigenvalue weighted by Gasteiger charge is 1.99. The lowest BCUT2D eigenvalue weighted by atomic mass is 10.0. The zero-order valence-electron chi connectivity index (χ0n) is 12.1. The lowest BCUT2D eigenvalue weighted by Gasteiger charge is -2.08. The second-order valence-electron chi connectivity index (χ2n) is 4.51. The molecule has 1 aromatic carbocycles. The third-order valence-corrected chi connectivity index (χ3v) is 2.62. The predicted octanol–water partition coefficient (Wildman–Crippen LogP) is 2.90. The van der Waals surface area contributed by atoms with E-state index in [2.05, 4.69) is 42.9 Å². The van der Waals surface area contributed by atoms with Crippen LogP contribution in [-0.4, -0.2) is 25.7 Å². The van der Waals surface area contributed by atoms with E-state index in [1.807, 2.05) is 12.1 Å². The van der Waals surface area contributed by atoms with Crippen LogP contribution in [0, 0.1) is 0 Å². The summed E-state index contributed by atoms with van der Waals surface area (Å²) in [6.45, 7) is 9.59. The van der Waals surface area contributed by atoms with Crippen molar-refractivity contribution in [2.45, 2.75) is 19.8 Å². The molecule has 5 heteroatoms. The highest BCUT2D eigenvalue weighted by atomic mass is 127. The third-order valence-electron chi connectivity index (χ3n) is 2.62. The van der Waals surface area contributed by atoms with Gasteiger partial charge in [-0.15, -0.1) is 30.6 Å². The van der Waals surface area contributed by atoms with Crippen molar-refractivity contribution in [2.75, 3.05) is 19.7 Å². The van der Waals surface area contributed by atoms with Crippen molar-refractivity contribution in [1.29, 1.82) is 0 Å². The first-order chi connectivity index (χ1) is 9.13. The minimum atomic E-state index is 0. The number of rotatable bonds is 7. The molecule has 0 heterocycles. The number of nitrogens with one attached hydrogen (secondary N) is 1. The van der Waals surface area contributed by atoms with Crippen molar-refractivity contribution in [3.8, 4) is 5.75 Å². The third kappa shape index (κ3) is 7.37. The minimum absolute atomic E-state index is 0. The number of nitrogens with two attached hydrogens (primary N) is 1. The molecule has 0 radical (unpaired) electrons. The van der Waals surface area contributed by atoms with Gasteiger partial charge in [-0.25, -0.2) is 4.99 Å². The van der Waals surface area contributed by atoms with E-state index < -0.39 is 0 Å². The molecular formula is C15H24IN3O. The summed E-state index contributed by atoms with van der Waals surface area (Å²) >= 11 is 0. The first-order valence-corrected chi connectivity index (χ1v) is 6.51. The van der Waals surface area contributed by atoms with Crippen molar-refractivity contribution >= 4 is 29.9 Å². The van der Waals surface area contributed by atoms with Gasteiger partial charge in [-0.1, -0.05) is 32.1 Å². The van der Waals surface area contributed by atoms with Gasteiger partial charge < -0.3 is 15.8 Å². The molecule has 0 aliphatic carbocycles. The summed E-state index contributed by atoms with van der Waals surface area (Å²) in [5.74, 6) is 1.81. The summed E-state index contributed by atoms with van der Waals surface area (Å²) in [4.78, 5) is 4.13. The number of hydrogen-bond donors (Lipinski definition) is 2. The Kier molecular flexibility index (Phi) is 9.88. The molecule has 0 spiro atoms. The van der Waals surface area contributed by atoms with Crippen LogP contribution in [0.25, 0.3) is 0 Å². The Bertz CT molecular complexity index is 416. The summed E-state index contributed by atoms with van der Waals surface area (Å²) in [6, 6.07) is 8.14. The van der Waals surface area contributed by atoms with E-state index in [1.165, 1.54) is 5.56 Å². The monoisotopic (exact) mass is 389 g/mol. The lowest BCUT2D eigenvalue weighted by molar-refractivity contribution is 0.328. The molecule has 0 aliphatic rings. The number of aliphatic imine (C=N–C) groups is 1. The number of halogens is 1. The van der Waals surface area contributed by atoms with Gasteiger partial charge in [0.05, 0.1) is 6.54 Å². The SMILES string of the molecule is C=CCNC(N)=NCCOc1ccc(C(C)C)cc1.I. The maximum atomic E-state index is 5.63. The summed E-state index contributed by atoms with van der Waals surface area (Å²) < 4.78 is 5.59. The normalized spacial score (nSPS) is 10.8. The van der Waals surface area contributed by atoms with Crippen LogP contribution in [0.15, 0.2) is 41.9 Å². The van der Waals surface area contributed by atoms with E-state index in [4.69, 9.17) is 10.5 Å². The highest BCUT2D eigenvalue weighted by molar-refractivity contribution is 14.0. The molecule has 0 saturated carbocycles. The maximum absolute atomic E-state index is 5.63. The first kappa shape index (κ1) is 18.8.